The molecule has 0 aliphatic heterocycles. The first-order valence-corrected chi connectivity index (χ1v) is 10.7. The molecule has 4 rings (SSSR count). The topological polar surface area (TPSA) is 64.5 Å². The number of fused-ring (bicyclic) bond motifs is 1. The number of pyridine rings is 2. The van der Waals surface area contributed by atoms with E-state index in [4.69, 9.17) is 14.5 Å². The number of hydrogen-bond acceptors (Lipinski definition) is 5. The Bertz CT molecular complexity index is 1320. The van der Waals surface area contributed by atoms with Crippen LogP contribution in [-0.2, 0) is 10.9 Å². The molecule has 2 heterocycles. The minimum Gasteiger partial charge on any atom is -0.497 e. The Morgan fingerprint density at radius 2 is 1.74 bits per heavy atom. The molecule has 0 fully saturated rings. The Morgan fingerprint density at radius 1 is 1.00 bits per heavy atom. The van der Waals surface area contributed by atoms with E-state index in [0.717, 1.165) is 17.8 Å². The highest BCUT2D eigenvalue weighted by atomic mass is 19.4. The van der Waals surface area contributed by atoms with Crippen LogP contribution in [0.2, 0.25) is 0 Å². The van der Waals surface area contributed by atoms with Crippen LogP contribution in [0.4, 0.5) is 19.0 Å². The lowest BCUT2D eigenvalue weighted by atomic mass is 10.0. The molecule has 1 amide bonds. The van der Waals surface area contributed by atoms with Gasteiger partial charge in [0, 0.05) is 24.3 Å². The number of aromatic nitrogens is 2. The SMILES string of the molecule is COCCN(C(=O)c1cc(-c2ccc(OC)cc2)nc2ccccc12)c1ccc(C(F)(F)F)cn1. The molecule has 6 nitrogen and oxygen atoms in total. The number of alkyl halides is 3. The number of anilines is 1. The van der Waals surface area contributed by atoms with Crippen molar-refractivity contribution in [1.29, 1.82) is 0 Å². The summed E-state index contributed by atoms with van der Waals surface area (Å²) in [5.41, 5.74) is 1.41. The summed E-state index contributed by atoms with van der Waals surface area (Å²) in [5, 5.41) is 0.615. The fourth-order valence-corrected chi connectivity index (χ4v) is 3.62. The minimum absolute atomic E-state index is 0.0898. The van der Waals surface area contributed by atoms with Crippen LogP contribution in [0.1, 0.15) is 15.9 Å². The zero-order chi connectivity index (χ0) is 25.0. The summed E-state index contributed by atoms with van der Waals surface area (Å²) in [6.45, 7) is 0.269. The largest absolute Gasteiger partial charge is 0.497 e. The van der Waals surface area contributed by atoms with Crippen molar-refractivity contribution in [3.8, 4) is 17.0 Å². The highest BCUT2D eigenvalue weighted by molar-refractivity contribution is 6.14. The molecule has 0 saturated heterocycles. The summed E-state index contributed by atoms with van der Waals surface area (Å²) in [4.78, 5) is 23.7. The van der Waals surface area contributed by atoms with Gasteiger partial charge in [0.05, 0.1) is 42.6 Å². The maximum atomic E-state index is 13.8. The van der Waals surface area contributed by atoms with Crippen LogP contribution in [0.5, 0.6) is 5.75 Å². The Hall–Kier alpha value is -3.98. The number of hydrogen-bond donors (Lipinski definition) is 0. The highest BCUT2D eigenvalue weighted by Gasteiger charge is 2.31. The molecule has 0 bridgehead atoms. The normalized spacial score (nSPS) is 11.5. The summed E-state index contributed by atoms with van der Waals surface area (Å²) in [6, 6.07) is 18.2. The molecule has 0 radical (unpaired) electrons. The number of para-hydroxylation sites is 1. The van der Waals surface area contributed by atoms with Gasteiger partial charge in [0.15, 0.2) is 0 Å². The lowest BCUT2D eigenvalue weighted by molar-refractivity contribution is -0.137. The molecule has 0 N–H and O–H groups in total. The smallest absolute Gasteiger partial charge is 0.417 e. The maximum Gasteiger partial charge on any atom is 0.417 e. The lowest BCUT2D eigenvalue weighted by Gasteiger charge is -2.23. The fourth-order valence-electron chi connectivity index (χ4n) is 3.62. The van der Waals surface area contributed by atoms with E-state index in [-0.39, 0.29) is 19.0 Å². The molecule has 2 aromatic carbocycles. The third-order valence-corrected chi connectivity index (χ3v) is 5.45. The van der Waals surface area contributed by atoms with E-state index in [2.05, 4.69) is 4.98 Å². The Morgan fingerprint density at radius 3 is 2.37 bits per heavy atom. The molecule has 0 unspecified atom stereocenters. The fraction of sp³-hybridized carbons (Fsp3) is 0.192. The first-order valence-electron chi connectivity index (χ1n) is 10.7. The monoisotopic (exact) mass is 481 g/mol. The highest BCUT2D eigenvalue weighted by Crippen LogP contribution is 2.31. The quantitative estimate of drug-likeness (QED) is 0.343. The van der Waals surface area contributed by atoms with Crippen LogP contribution < -0.4 is 9.64 Å². The maximum absolute atomic E-state index is 13.8. The first kappa shape index (κ1) is 24.2. The Balaban J connectivity index is 1.80. The van der Waals surface area contributed by atoms with Crippen molar-refractivity contribution < 1.29 is 27.4 Å². The van der Waals surface area contributed by atoms with Crippen LogP contribution in [0.25, 0.3) is 22.2 Å². The molecule has 35 heavy (non-hydrogen) atoms. The summed E-state index contributed by atoms with van der Waals surface area (Å²) in [6.07, 6.45) is -3.81. The number of carbonyl (C=O) groups excluding carboxylic acids is 1. The van der Waals surface area contributed by atoms with Gasteiger partial charge in [0.25, 0.3) is 5.91 Å². The van der Waals surface area contributed by atoms with Crippen molar-refractivity contribution in [2.45, 2.75) is 6.18 Å². The van der Waals surface area contributed by atoms with Gasteiger partial charge in [-0.1, -0.05) is 18.2 Å². The summed E-state index contributed by atoms with van der Waals surface area (Å²) in [5.74, 6) is 0.347. The van der Waals surface area contributed by atoms with Crippen LogP contribution in [0, 0.1) is 0 Å². The summed E-state index contributed by atoms with van der Waals surface area (Å²) < 4.78 is 49.4. The van der Waals surface area contributed by atoms with Crippen molar-refractivity contribution in [3.63, 3.8) is 0 Å². The number of halogens is 3. The average molecular weight is 481 g/mol. The molecule has 2 aromatic heterocycles. The van der Waals surface area contributed by atoms with E-state index in [1.165, 1.54) is 18.1 Å². The first-order chi connectivity index (χ1) is 16.8. The molecule has 0 spiro atoms. The molecular weight excluding hydrogens is 459 g/mol. The average Bonchev–Trinajstić information content (AvgIpc) is 2.88. The molecule has 0 saturated carbocycles. The van der Waals surface area contributed by atoms with Gasteiger partial charge in [0.1, 0.15) is 11.6 Å². The number of amides is 1. The zero-order valence-corrected chi connectivity index (χ0v) is 19.0. The van der Waals surface area contributed by atoms with Gasteiger partial charge in [-0.2, -0.15) is 13.2 Å². The molecule has 9 heteroatoms. The van der Waals surface area contributed by atoms with Gasteiger partial charge in [-0.05, 0) is 48.5 Å². The van der Waals surface area contributed by atoms with Crippen LogP contribution >= 0.6 is 0 Å². The summed E-state index contributed by atoms with van der Waals surface area (Å²) >= 11 is 0. The third-order valence-electron chi connectivity index (χ3n) is 5.45. The van der Waals surface area contributed by atoms with E-state index >= 15 is 0 Å². The summed E-state index contributed by atoms with van der Waals surface area (Å²) in [7, 11) is 3.05. The number of benzene rings is 2. The van der Waals surface area contributed by atoms with Crippen molar-refractivity contribution in [2.75, 3.05) is 32.3 Å². The zero-order valence-electron chi connectivity index (χ0n) is 19.0. The van der Waals surface area contributed by atoms with Gasteiger partial charge in [-0.25, -0.2) is 9.97 Å². The van der Waals surface area contributed by atoms with Gasteiger partial charge in [-0.15, -0.1) is 0 Å². The van der Waals surface area contributed by atoms with Gasteiger partial charge in [-0.3, -0.25) is 9.69 Å². The number of carbonyl (C=O) groups is 1. The Kier molecular flexibility index (Phi) is 6.97. The molecule has 0 atom stereocenters. The number of rotatable bonds is 7. The minimum atomic E-state index is -4.53. The van der Waals surface area contributed by atoms with Crippen molar-refractivity contribution in [3.05, 3.63) is 84.1 Å². The van der Waals surface area contributed by atoms with Crippen molar-refractivity contribution >= 4 is 22.6 Å². The molecule has 4 aromatic rings. The van der Waals surface area contributed by atoms with E-state index in [0.29, 0.717) is 27.9 Å². The van der Waals surface area contributed by atoms with E-state index < -0.39 is 17.6 Å². The van der Waals surface area contributed by atoms with E-state index in [1.54, 1.807) is 43.5 Å². The van der Waals surface area contributed by atoms with Crippen LogP contribution in [0.15, 0.2) is 72.9 Å². The molecule has 0 aliphatic carbocycles. The van der Waals surface area contributed by atoms with Gasteiger partial charge >= 0.3 is 6.18 Å². The standard InChI is InChI=1S/C26H22F3N3O3/c1-34-14-13-32(24-12-9-18(16-30-24)26(27,28)29)25(33)21-15-23(17-7-10-19(35-2)11-8-17)31-22-6-4-3-5-20(21)22/h3-12,15-16H,13-14H2,1-2H3. The van der Waals surface area contributed by atoms with Crippen molar-refractivity contribution in [2.24, 2.45) is 0 Å². The third kappa shape index (κ3) is 5.25. The second-order valence-corrected chi connectivity index (χ2v) is 7.65. The predicted molar refractivity (Wildman–Crippen MR) is 127 cm³/mol. The van der Waals surface area contributed by atoms with Gasteiger partial charge in [0.2, 0.25) is 0 Å². The second kappa shape index (κ2) is 10.1. The van der Waals surface area contributed by atoms with E-state index in [1.807, 2.05) is 18.2 Å². The lowest BCUT2D eigenvalue weighted by Crippen LogP contribution is -2.35. The molecule has 180 valence electrons. The van der Waals surface area contributed by atoms with Gasteiger partial charge < -0.3 is 9.47 Å². The van der Waals surface area contributed by atoms with Crippen molar-refractivity contribution in [1.82, 2.24) is 9.97 Å². The number of methoxy groups -OCH3 is 2. The Labute approximate surface area is 200 Å². The number of nitrogens with zero attached hydrogens (tertiary/aromatic N) is 3. The molecular formula is C26H22F3N3O3. The number of ether oxygens (including phenoxy) is 2. The van der Waals surface area contributed by atoms with Crippen LogP contribution in [-0.4, -0.2) is 43.2 Å². The predicted octanol–water partition coefficient (Wildman–Crippen LogP) is 5.62. The van der Waals surface area contributed by atoms with E-state index in [9.17, 15) is 18.0 Å². The molecule has 0 aliphatic rings. The second-order valence-electron chi connectivity index (χ2n) is 7.65. The van der Waals surface area contributed by atoms with Crippen LogP contribution in [0.3, 0.4) is 0 Å².